The van der Waals surface area contributed by atoms with Gasteiger partial charge in [-0.3, -0.25) is 0 Å². The minimum absolute atomic E-state index is 0.174. The van der Waals surface area contributed by atoms with Crippen LogP contribution in [-0.2, 0) is 6.18 Å². The van der Waals surface area contributed by atoms with Gasteiger partial charge in [-0.1, -0.05) is 0 Å². The molecule has 4 heterocycles. The van der Waals surface area contributed by atoms with Gasteiger partial charge in [0.2, 0.25) is 5.95 Å². The second kappa shape index (κ2) is 5.92. The fraction of sp³-hybridized carbons (Fsp3) is 0.312. The topological polar surface area (TPSA) is 72.9 Å². The summed E-state index contributed by atoms with van der Waals surface area (Å²) in [6.45, 7) is 1.63. The first-order valence-electron chi connectivity index (χ1n) is 7.78. The molecule has 1 saturated heterocycles. The molecule has 1 fully saturated rings. The van der Waals surface area contributed by atoms with E-state index in [-0.39, 0.29) is 17.7 Å². The van der Waals surface area contributed by atoms with Crippen LogP contribution < -0.4 is 5.73 Å². The number of halogens is 4. The molecule has 0 bridgehead atoms. The van der Waals surface area contributed by atoms with E-state index in [0.717, 1.165) is 24.8 Å². The fourth-order valence-electron chi connectivity index (χ4n) is 3.26. The summed E-state index contributed by atoms with van der Waals surface area (Å²) in [5.74, 6) is -0.203. The van der Waals surface area contributed by atoms with E-state index >= 15 is 0 Å². The summed E-state index contributed by atoms with van der Waals surface area (Å²) >= 11 is 3.29. The average Bonchev–Trinajstić information content (AvgIpc) is 2.88. The minimum Gasteiger partial charge on any atom is -0.368 e. The number of hydrogen-bond donors (Lipinski definition) is 1. The van der Waals surface area contributed by atoms with E-state index < -0.39 is 11.7 Å². The van der Waals surface area contributed by atoms with E-state index in [1.54, 1.807) is 18.5 Å². The third kappa shape index (κ3) is 2.82. The van der Waals surface area contributed by atoms with Gasteiger partial charge in [-0.25, -0.2) is 15.0 Å². The smallest absolute Gasteiger partial charge is 0.368 e. The van der Waals surface area contributed by atoms with Crippen molar-refractivity contribution in [2.75, 3.05) is 25.9 Å². The first-order valence-corrected chi connectivity index (χ1v) is 8.58. The highest BCUT2D eigenvalue weighted by Crippen LogP contribution is 2.40. The van der Waals surface area contributed by atoms with Crippen LogP contribution in [0.1, 0.15) is 11.6 Å². The number of rotatable bonds is 2. The van der Waals surface area contributed by atoms with Crippen molar-refractivity contribution in [3.63, 3.8) is 0 Å². The molecule has 0 aromatic carbocycles. The molecule has 3 aromatic heterocycles. The molecular formula is C16H14BrF3N6. The normalized spacial score (nSPS) is 16.2. The van der Waals surface area contributed by atoms with Crippen LogP contribution in [0.4, 0.5) is 19.1 Å². The lowest BCUT2D eigenvalue weighted by Crippen LogP contribution is -2.44. The Morgan fingerprint density at radius 2 is 1.96 bits per heavy atom. The molecular weight excluding hydrogens is 413 g/mol. The van der Waals surface area contributed by atoms with Crippen molar-refractivity contribution in [3.8, 4) is 11.3 Å². The average molecular weight is 427 g/mol. The highest BCUT2D eigenvalue weighted by Gasteiger charge is 2.36. The number of pyridine rings is 1. The fourth-order valence-corrected chi connectivity index (χ4v) is 3.59. The molecule has 1 aliphatic rings. The number of likely N-dealkylation sites (N-methyl/N-ethyl adjacent to an activating group) is 1. The van der Waals surface area contributed by atoms with E-state index in [9.17, 15) is 13.2 Å². The third-order valence-electron chi connectivity index (χ3n) is 4.49. The van der Waals surface area contributed by atoms with Gasteiger partial charge < -0.3 is 15.2 Å². The molecule has 0 amide bonds. The SMILES string of the molecule is CN1CC(n2cc(-c3nc(N)ncc3C(F)(F)F)c3cc(Br)ncc32)C1. The predicted molar refractivity (Wildman–Crippen MR) is 94.4 cm³/mol. The monoisotopic (exact) mass is 426 g/mol. The Balaban J connectivity index is 1.98. The van der Waals surface area contributed by atoms with Crippen molar-refractivity contribution in [3.05, 3.63) is 34.8 Å². The number of likely N-dealkylation sites (tertiary alicyclic amines) is 1. The predicted octanol–water partition coefficient (Wildman–Crippen LogP) is 3.34. The number of anilines is 1. The lowest BCUT2D eigenvalue weighted by Gasteiger charge is -2.37. The van der Waals surface area contributed by atoms with Gasteiger partial charge in [-0.2, -0.15) is 13.2 Å². The Labute approximate surface area is 155 Å². The van der Waals surface area contributed by atoms with Crippen LogP contribution in [0.25, 0.3) is 22.2 Å². The maximum absolute atomic E-state index is 13.5. The van der Waals surface area contributed by atoms with Crippen molar-refractivity contribution in [2.45, 2.75) is 12.2 Å². The van der Waals surface area contributed by atoms with E-state index in [2.05, 4.69) is 35.8 Å². The molecule has 0 unspecified atom stereocenters. The number of aromatic nitrogens is 4. The van der Waals surface area contributed by atoms with Gasteiger partial charge in [0.05, 0.1) is 23.4 Å². The Morgan fingerprint density at radius 3 is 2.62 bits per heavy atom. The zero-order chi connectivity index (χ0) is 18.6. The summed E-state index contributed by atoms with van der Waals surface area (Å²) in [7, 11) is 1.99. The van der Waals surface area contributed by atoms with Crippen LogP contribution in [0, 0.1) is 0 Å². The molecule has 10 heteroatoms. The number of alkyl halides is 3. The van der Waals surface area contributed by atoms with Gasteiger partial charge in [0.15, 0.2) is 0 Å². The zero-order valence-electron chi connectivity index (χ0n) is 13.6. The first kappa shape index (κ1) is 17.2. The molecule has 4 rings (SSSR count). The molecule has 0 radical (unpaired) electrons. The van der Waals surface area contributed by atoms with Gasteiger partial charge in [0.1, 0.15) is 10.2 Å². The van der Waals surface area contributed by atoms with E-state index in [4.69, 9.17) is 5.73 Å². The number of nitrogens with two attached hydrogens (primary N) is 1. The molecule has 0 aliphatic carbocycles. The Hall–Kier alpha value is -2.20. The number of fused-ring (bicyclic) bond motifs is 1. The molecule has 2 N–H and O–H groups in total. The summed E-state index contributed by atoms with van der Waals surface area (Å²) in [6, 6.07) is 1.87. The standard InChI is InChI=1S/C16H14BrF3N6/c1-25-5-8(6-25)26-7-10(9-2-13(17)22-4-12(9)26)14-11(16(18,19)20)3-23-15(21)24-14/h2-4,7-8H,5-6H2,1H3,(H2,21,23,24). The van der Waals surface area contributed by atoms with E-state index in [1.165, 1.54) is 0 Å². The van der Waals surface area contributed by atoms with Crippen LogP contribution in [-0.4, -0.2) is 44.6 Å². The molecule has 3 aromatic rings. The second-order valence-corrected chi connectivity index (χ2v) is 7.15. The van der Waals surface area contributed by atoms with Gasteiger partial charge >= 0.3 is 6.18 Å². The third-order valence-corrected chi connectivity index (χ3v) is 4.93. The van der Waals surface area contributed by atoms with E-state index in [1.807, 2.05) is 11.6 Å². The molecule has 0 spiro atoms. The maximum atomic E-state index is 13.5. The molecule has 26 heavy (non-hydrogen) atoms. The van der Waals surface area contributed by atoms with E-state index in [0.29, 0.717) is 15.6 Å². The quantitative estimate of drug-likeness (QED) is 0.636. The Morgan fingerprint density at radius 1 is 1.23 bits per heavy atom. The lowest BCUT2D eigenvalue weighted by molar-refractivity contribution is -0.137. The van der Waals surface area contributed by atoms with Crippen molar-refractivity contribution in [2.24, 2.45) is 0 Å². The van der Waals surface area contributed by atoms with Crippen LogP contribution in [0.5, 0.6) is 0 Å². The maximum Gasteiger partial charge on any atom is 0.419 e. The molecule has 0 atom stereocenters. The van der Waals surface area contributed by atoms with Crippen LogP contribution in [0.15, 0.2) is 29.3 Å². The summed E-state index contributed by atoms with van der Waals surface area (Å²) < 4.78 is 42.9. The van der Waals surface area contributed by atoms with Gasteiger partial charge in [-0.15, -0.1) is 0 Å². The number of nitrogen functional groups attached to an aromatic ring is 1. The van der Waals surface area contributed by atoms with Crippen LogP contribution >= 0.6 is 15.9 Å². The molecule has 1 aliphatic heterocycles. The van der Waals surface area contributed by atoms with Gasteiger partial charge in [0, 0.05) is 36.4 Å². The highest BCUT2D eigenvalue weighted by molar-refractivity contribution is 9.10. The van der Waals surface area contributed by atoms with Gasteiger partial charge in [0.25, 0.3) is 0 Å². The highest BCUT2D eigenvalue weighted by atomic mass is 79.9. The molecule has 136 valence electrons. The van der Waals surface area contributed by atoms with Crippen LogP contribution in [0.3, 0.4) is 0 Å². The largest absolute Gasteiger partial charge is 0.419 e. The minimum atomic E-state index is -4.58. The summed E-state index contributed by atoms with van der Waals surface area (Å²) in [6.07, 6.45) is -0.501. The van der Waals surface area contributed by atoms with Gasteiger partial charge in [-0.05, 0) is 29.0 Å². The van der Waals surface area contributed by atoms with Crippen molar-refractivity contribution in [1.82, 2.24) is 24.4 Å². The van der Waals surface area contributed by atoms with Crippen molar-refractivity contribution in [1.29, 1.82) is 0 Å². The first-order chi connectivity index (χ1) is 12.2. The Bertz CT molecular complexity index is 994. The zero-order valence-corrected chi connectivity index (χ0v) is 15.2. The summed E-state index contributed by atoms with van der Waals surface area (Å²) in [5, 5.41) is 0.630. The van der Waals surface area contributed by atoms with Crippen molar-refractivity contribution < 1.29 is 13.2 Å². The molecule has 6 nitrogen and oxygen atoms in total. The molecule has 0 saturated carbocycles. The second-order valence-electron chi connectivity index (χ2n) is 6.34. The summed E-state index contributed by atoms with van der Waals surface area (Å²) in [5.41, 5.74) is 5.56. The Kier molecular flexibility index (Phi) is 3.92. The summed E-state index contributed by atoms with van der Waals surface area (Å²) in [4.78, 5) is 13.8. The lowest BCUT2D eigenvalue weighted by atomic mass is 10.1. The number of hydrogen-bond acceptors (Lipinski definition) is 5. The van der Waals surface area contributed by atoms with Crippen LogP contribution in [0.2, 0.25) is 0 Å². The van der Waals surface area contributed by atoms with Crippen molar-refractivity contribution >= 4 is 32.8 Å². The number of nitrogens with zero attached hydrogens (tertiary/aromatic N) is 5.